The van der Waals surface area contributed by atoms with E-state index in [1.54, 1.807) is 12.4 Å². The molecule has 37 heavy (non-hydrogen) atoms. The Labute approximate surface area is 216 Å². The molecular weight excluding hydrogens is 460 g/mol. The van der Waals surface area contributed by atoms with Gasteiger partial charge in [0.05, 0.1) is 5.69 Å². The van der Waals surface area contributed by atoms with Crippen molar-refractivity contribution in [3.63, 3.8) is 0 Å². The van der Waals surface area contributed by atoms with Crippen LogP contribution in [-0.2, 0) is 12.1 Å². The number of hydrogen-bond acceptors (Lipinski definition) is 6. The first-order chi connectivity index (χ1) is 18.1. The van der Waals surface area contributed by atoms with Gasteiger partial charge in [-0.1, -0.05) is 68.4 Å². The van der Waals surface area contributed by atoms with Crippen LogP contribution >= 0.6 is 0 Å². The van der Waals surface area contributed by atoms with E-state index in [9.17, 15) is 0 Å². The second-order valence-corrected chi connectivity index (χ2v) is 9.32. The van der Waals surface area contributed by atoms with Gasteiger partial charge < -0.3 is 10.5 Å². The molecule has 0 spiro atoms. The lowest BCUT2D eigenvalue weighted by Gasteiger charge is -2.27. The van der Waals surface area contributed by atoms with Crippen LogP contribution in [-0.4, -0.2) is 24.7 Å². The molecule has 4 heterocycles. The lowest BCUT2D eigenvalue weighted by molar-refractivity contribution is 0.268. The second kappa shape index (κ2) is 9.26. The minimum atomic E-state index is -0.333. The summed E-state index contributed by atoms with van der Waals surface area (Å²) in [7, 11) is 0. The molecule has 1 aliphatic rings. The average molecular weight is 489 g/mol. The highest BCUT2D eigenvalue weighted by molar-refractivity contribution is 5.83. The maximum atomic E-state index is 6.66. The van der Waals surface area contributed by atoms with Gasteiger partial charge in [0, 0.05) is 34.6 Å². The summed E-state index contributed by atoms with van der Waals surface area (Å²) in [6.07, 6.45) is 5.29. The zero-order valence-corrected chi connectivity index (χ0v) is 20.9. The molecule has 0 unspecified atom stereocenters. The van der Waals surface area contributed by atoms with Crippen LogP contribution in [0.4, 0.5) is 0 Å². The lowest BCUT2D eigenvalue weighted by atomic mass is 9.85. The van der Waals surface area contributed by atoms with Crippen LogP contribution < -0.4 is 10.5 Å². The summed E-state index contributed by atoms with van der Waals surface area (Å²) in [6.45, 7) is 4.55. The summed E-state index contributed by atoms with van der Waals surface area (Å²) in [5.74, 6) is 1.98. The van der Waals surface area contributed by atoms with Gasteiger partial charge in [-0.2, -0.15) is 0 Å². The quantitative estimate of drug-likeness (QED) is 0.319. The molecule has 184 valence electrons. The van der Waals surface area contributed by atoms with E-state index in [1.165, 1.54) is 0 Å². The van der Waals surface area contributed by atoms with Gasteiger partial charge in [0.25, 0.3) is 0 Å². The maximum Gasteiger partial charge on any atom is 0.239 e. The van der Waals surface area contributed by atoms with Crippen molar-refractivity contribution in [3.05, 3.63) is 96.6 Å². The standard InChI is InChI=1S/C30H28N6O/c1-3-30(31,4-2)23-14-12-21(13-15-23)27-24(20-9-6-5-7-10-20)17-25-29(33-27)37-19-26-34-35-28(36(25)26)22-11-8-16-32-18-22/h5-18H,3-4,19,31H2,1-2H3. The maximum absolute atomic E-state index is 6.66. The van der Waals surface area contributed by atoms with E-state index in [-0.39, 0.29) is 5.54 Å². The topological polar surface area (TPSA) is 91.7 Å². The van der Waals surface area contributed by atoms with Crippen molar-refractivity contribution in [2.75, 3.05) is 0 Å². The minimum absolute atomic E-state index is 0.291. The van der Waals surface area contributed by atoms with Gasteiger partial charge in [-0.05, 0) is 42.2 Å². The minimum Gasteiger partial charge on any atom is -0.468 e. The van der Waals surface area contributed by atoms with Crippen molar-refractivity contribution >= 4 is 0 Å². The van der Waals surface area contributed by atoms with E-state index in [2.05, 4.69) is 71.5 Å². The second-order valence-electron chi connectivity index (χ2n) is 9.32. The van der Waals surface area contributed by atoms with Gasteiger partial charge in [-0.3, -0.25) is 9.55 Å². The molecule has 0 radical (unpaired) electrons. The van der Waals surface area contributed by atoms with Gasteiger partial charge in [0.1, 0.15) is 5.69 Å². The summed E-state index contributed by atoms with van der Waals surface area (Å²) in [5.41, 5.74) is 13.1. The van der Waals surface area contributed by atoms with E-state index in [1.807, 2.05) is 34.9 Å². The number of hydrogen-bond donors (Lipinski definition) is 1. The van der Waals surface area contributed by atoms with Gasteiger partial charge in [-0.25, -0.2) is 4.98 Å². The van der Waals surface area contributed by atoms with Crippen LogP contribution in [0.3, 0.4) is 0 Å². The predicted octanol–water partition coefficient (Wildman–Crippen LogP) is 5.92. The van der Waals surface area contributed by atoms with Crippen LogP contribution in [0.1, 0.15) is 38.1 Å². The van der Waals surface area contributed by atoms with Crippen molar-refractivity contribution in [1.82, 2.24) is 24.7 Å². The number of ether oxygens (including phenoxy) is 1. The summed E-state index contributed by atoms with van der Waals surface area (Å²) in [6, 6.07) is 24.7. The third-order valence-corrected chi connectivity index (χ3v) is 7.28. The number of aromatic nitrogens is 5. The van der Waals surface area contributed by atoms with Crippen molar-refractivity contribution in [3.8, 4) is 45.3 Å². The molecule has 1 aliphatic heterocycles. The van der Waals surface area contributed by atoms with Crippen LogP contribution in [0, 0.1) is 0 Å². The number of pyridine rings is 2. The largest absolute Gasteiger partial charge is 0.468 e. The molecule has 0 bridgehead atoms. The molecule has 0 aliphatic carbocycles. The SMILES string of the molecule is CCC(N)(CC)c1ccc(-c2nc3c(cc2-c2ccccc2)-n2c(nnc2-c2cccnc2)CO3)cc1. The summed E-state index contributed by atoms with van der Waals surface area (Å²) in [4.78, 5) is 9.32. The van der Waals surface area contributed by atoms with Crippen LogP contribution in [0.15, 0.2) is 85.2 Å². The van der Waals surface area contributed by atoms with Gasteiger partial charge in [-0.15, -0.1) is 10.2 Å². The molecule has 7 heteroatoms. The van der Waals surface area contributed by atoms with E-state index in [4.69, 9.17) is 15.5 Å². The Morgan fingerprint density at radius 3 is 2.35 bits per heavy atom. The fourth-order valence-electron chi connectivity index (χ4n) is 4.91. The van der Waals surface area contributed by atoms with Crippen molar-refractivity contribution in [2.45, 2.75) is 38.8 Å². The third-order valence-electron chi connectivity index (χ3n) is 7.28. The molecule has 0 fully saturated rings. The molecule has 3 aromatic heterocycles. The number of nitrogens with two attached hydrogens (primary N) is 1. The lowest BCUT2D eigenvalue weighted by Crippen LogP contribution is -2.34. The molecule has 6 rings (SSSR count). The molecule has 0 atom stereocenters. The third kappa shape index (κ3) is 3.97. The van der Waals surface area contributed by atoms with Crippen LogP contribution in [0.5, 0.6) is 5.88 Å². The Hall–Kier alpha value is -4.36. The van der Waals surface area contributed by atoms with E-state index >= 15 is 0 Å². The zero-order chi connectivity index (χ0) is 25.4. The molecule has 2 aromatic carbocycles. The number of rotatable bonds is 6. The first kappa shape index (κ1) is 23.1. The summed E-state index contributed by atoms with van der Waals surface area (Å²) < 4.78 is 8.12. The van der Waals surface area contributed by atoms with Crippen molar-refractivity contribution < 1.29 is 4.74 Å². The van der Waals surface area contributed by atoms with Gasteiger partial charge >= 0.3 is 0 Å². The average Bonchev–Trinajstić information content (AvgIpc) is 3.42. The highest BCUT2D eigenvalue weighted by Crippen LogP contribution is 2.40. The fourth-order valence-corrected chi connectivity index (χ4v) is 4.91. The van der Waals surface area contributed by atoms with Crippen molar-refractivity contribution in [2.24, 2.45) is 5.73 Å². The Morgan fingerprint density at radius 2 is 1.65 bits per heavy atom. The number of nitrogens with zero attached hydrogens (tertiary/aromatic N) is 5. The molecular formula is C30H28N6O. The van der Waals surface area contributed by atoms with E-state index in [0.717, 1.165) is 57.9 Å². The first-order valence-electron chi connectivity index (χ1n) is 12.6. The zero-order valence-electron chi connectivity index (χ0n) is 20.9. The van der Waals surface area contributed by atoms with Crippen LogP contribution in [0.25, 0.3) is 39.5 Å². The smallest absolute Gasteiger partial charge is 0.239 e. The Kier molecular flexibility index (Phi) is 5.77. The number of benzene rings is 2. The predicted molar refractivity (Wildman–Crippen MR) is 144 cm³/mol. The Morgan fingerprint density at radius 1 is 0.892 bits per heavy atom. The highest BCUT2D eigenvalue weighted by Gasteiger charge is 2.28. The highest BCUT2D eigenvalue weighted by atomic mass is 16.5. The molecule has 0 amide bonds. The van der Waals surface area contributed by atoms with E-state index in [0.29, 0.717) is 18.3 Å². The molecule has 0 saturated heterocycles. The molecule has 2 N–H and O–H groups in total. The first-order valence-corrected chi connectivity index (χ1v) is 12.6. The Balaban J connectivity index is 1.53. The monoisotopic (exact) mass is 488 g/mol. The van der Waals surface area contributed by atoms with Gasteiger partial charge in [0.15, 0.2) is 18.3 Å². The van der Waals surface area contributed by atoms with Crippen LogP contribution in [0.2, 0.25) is 0 Å². The normalized spacial score (nSPS) is 12.5. The molecule has 7 nitrogen and oxygen atoms in total. The fraction of sp³-hybridized carbons (Fsp3) is 0.200. The van der Waals surface area contributed by atoms with Crippen molar-refractivity contribution in [1.29, 1.82) is 0 Å². The van der Waals surface area contributed by atoms with Gasteiger partial charge in [0.2, 0.25) is 5.88 Å². The Bertz CT molecular complexity index is 1540. The molecule has 5 aromatic rings. The number of fused-ring (bicyclic) bond motifs is 3. The summed E-state index contributed by atoms with van der Waals surface area (Å²) in [5, 5.41) is 8.84. The summed E-state index contributed by atoms with van der Waals surface area (Å²) >= 11 is 0. The van der Waals surface area contributed by atoms with E-state index < -0.39 is 0 Å². The molecule has 0 saturated carbocycles.